The molecule has 0 amide bonds. The number of nitrogens with zero attached hydrogens (tertiary/aromatic N) is 1. The van der Waals surface area contributed by atoms with Gasteiger partial charge in [0.2, 0.25) is 10.0 Å². The summed E-state index contributed by atoms with van der Waals surface area (Å²) in [6.07, 6.45) is 0. The van der Waals surface area contributed by atoms with E-state index in [1.165, 1.54) is 20.8 Å². The molecule has 0 N–H and O–H groups in total. The second-order valence-corrected chi connectivity index (χ2v) is 9.12. The second-order valence-electron chi connectivity index (χ2n) is 7.32. The smallest absolute Gasteiger partial charge is 0.321 e. The summed E-state index contributed by atoms with van der Waals surface area (Å²) in [6, 6.07) is 2.77. The number of ether oxygens (including phenoxy) is 1. The molecule has 0 atom stereocenters. The third-order valence-electron chi connectivity index (χ3n) is 2.91. The monoisotopic (exact) mass is 363 g/mol. The maximum atomic E-state index is 13.9. The van der Waals surface area contributed by atoms with Gasteiger partial charge in [0.25, 0.3) is 0 Å². The van der Waals surface area contributed by atoms with E-state index in [0.29, 0.717) is 0 Å². The predicted molar refractivity (Wildman–Crippen MR) is 85.8 cm³/mol. The van der Waals surface area contributed by atoms with Gasteiger partial charge in [0, 0.05) is 5.54 Å². The van der Waals surface area contributed by atoms with Crippen molar-refractivity contribution in [1.82, 2.24) is 4.31 Å². The van der Waals surface area contributed by atoms with Gasteiger partial charge in [-0.15, -0.1) is 0 Å². The van der Waals surface area contributed by atoms with Crippen molar-refractivity contribution in [2.75, 3.05) is 6.54 Å². The van der Waals surface area contributed by atoms with E-state index in [-0.39, 0.29) is 0 Å². The number of hydrogen-bond acceptors (Lipinski definition) is 4. The van der Waals surface area contributed by atoms with Crippen molar-refractivity contribution in [3.8, 4) is 0 Å². The van der Waals surface area contributed by atoms with Crippen LogP contribution >= 0.6 is 0 Å². The van der Waals surface area contributed by atoms with Crippen molar-refractivity contribution >= 4 is 16.0 Å². The van der Waals surface area contributed by atoms with Crippen molar-refractivity contribution in [2.24, 2.45) is 0 Å². The van der Waals surface area contributed by atoms with Gasteiger partial charge >= 0.3 is 5.97 Å². The van der Waals surface area contributed by atoms with Gasteiger partial charge in [-0.25, -0.2) is 17.2 Å². The van der Waals surface area contributed by atoms with Gasteiger partial charge in [0.05, 0.1) is 0 Å². The summed E-state index contributed by atoms with van der Waals surface area (Å²) < 4.78 is 59.3. The zero-order chi connectivity index (χ0) is 18.9. The molecule has 24 heavy (non-hydrogen) atoms. The Labute approximate surface area is 141 Å². The molecule has 0 radical (unpaired) electrons. The van der Waals surface area contributed by atoms with Crippen LogP contribution in [0.5, 0.6) is 0 Å². The first-order chi connectivity index (χ1) is 10.7. The Hall–Kier alpha value is -1.54. The summed E-state index contributed by atoms with van der Waals surface area (Å²) >= 11 is 0. The molecule has 1 rings (SSSR count). The van der Waals surface area contributed by atoms with Crippen LogP contribution in [0.4, 0.5) is 8.78 Å². The topological polar surface area (TPSA) is 63.7 Å². The van der Waals surface area contributed by atoms with Crippen LogP contribution in [0.1, 0.15) is 41.5 Å². The highest BCUT2D eigenvalue weighted by Gasteiger charge is 2.39. The molecule has 0 heterocycles. The van der Waals surface area contributed by atoms with E-state index in [1.54, 1.807) is 20.8 Å². The van der Waals surface area contributed by atoms with Crippen molar-refractivity contribution in [1.29, 1.82) is 0 Å². The minimum Gasteiger partial charge on any atom is -0.459 e. The van der Waals surface area contributed by atoms with Crippen LogP contribution in [-0.2, 0) is 19.6 Å². The van der Waals surface area contributed by atoms with Crippen molar-refractivity contribution in [3.63, 3.8) is 0 Å². The number of hydrogen-bond donors (Lipinski definition) is 0. The lowest BCUT2D eigenvalue weighted by molar-refractivity contribution is -0.155. The largest absolute Gasteiger partial charge is 0.459 e. The lowest BCUT2D eigenvalue weighted by Gasteiger charge is -2.34. The van der Waals surface area contributed by atoms with Crippen LogP contribution in [0.25, 0.3) is 0 Å². The quantitative estimate of drug-likeness (QED) is 0.771. The van der Waals surface area contributed by atoms with Gasteiger partial charge in [-0.05, 0) is 53.7 Å². The number of carbonyl (C=O) groups is 1. The van der Waals surface area contributed by atoms with Gasteiger partial charge in [-0.2, -0.15) is 4.31 Å². The highest BCUT2D eigenvalue weighted by atomic mass is 32.2. The van der Waals surface area contributed by atoms with Gasteiger partial charge in [-0.3, -0.25) is 4.79 Å². The number of rotatable bonds is 4. The summed E-state index contributed by atoms with van der Waals surface area (Å²) in [4.78, 5) is 11.0. The number of carbonyl (C=O) groups excluding carboxylic acids is 1. The van der Waals surface area contributed by atoms with Crippen molar-refractivity contribution in [2.45, 2.75) is 57.6 Å². The first kappa shape index (κ1) is 20.5. The Morgan fingerprint density at radius 3 is 1.92 bits per heavy atom. The Morgan fingerprint density at radius 1 is 1.08 bits per heavy atom. The van der Waals surface area contributed by atoms with Crippen molar-refractivity contribution < 1.29 is 26.7 Å². The maximum absolute atomic E-state index is 13.9. The molecule has 1 aromatic carbocycles. The second kappa shape index (κ2) is 6.76. The number of sulfonamides is 1. The van der Waals surface area contributed by atoms with E-state index in [9.17, 15) is 22.0 Å². The van der Waals surface area contributed by atoms with Crippen molar-refractivity contribution in [3.05, 3.63) is 29.8 Å². The minimum atomic E-state index is -4.59. The van der Waals surface area contributed by atoms with E-state index in [0.717, 1.165) is 22.5 Å². The Balaban J connectivity index is 3.34. The highest BCUT2D eigenvalue weighted by molar-refractivity contribution is 7.89. The first-order valence-electron chi connectivity index (χ1n) is 7.35. The molecule has 0 spiro atoms. The molecular formula is C16H23F2NO4S. The van der Waals surface area contributed by atoms with Crippen LogP contribution in [0, 0.1) is 11.6 Å². The zero-order valence-corrected chi connectivity index (χ0v) is 15.5. The standard InChI is InChI=1S/C16H23F2NO4S/c1-15(2,3)19(10-13(20)23-16(4,5)6)24(21,22)14-11(17)8-7-9-12(14)18/h7-9H,10H2,1-6H3. The Bertz CT molecular complexity index is 698. The average molecular weight is 363 g/mol. The van der Waals surface area contributed by atoms with E-state index in [1.807, 2.05) is 0 Å². The molecule has 0 aromatic heterocycles. The molecule has 8 heteroatoms. The molecule has 0 saturated heterocycles. The molecular weight excluding hydrogens is 340 g/mol. The lowest BCUT2D eigenvalue weighted by Crippen LogP contribution is -2.49. The van der Waals surface area contributed by atoms with E-state index < -0.39 is 50.2 Å². The summed E-state index contributed by atoms with van der Waals surface area (Å²) in [5.41, 5.74) is -1.90. The number of esters is 1. The van der Waals surface area contributed by atoms with Crippen LogP contribution in [-0.4, -0.2) is 36.4 Å². The minimum absolute atomic E-state index is 0.656. The summed E-state index contributed by atoms with van der Waals surface area (Å²) in [5, 5.41) is 0. The van der Waals surface area contributed by atoms with Crippen LogP contribution in [0.15, 0.2) is 23.1 Å². The predicted octanol–water partition coefficient (Wildman–Crippen LogP) is 3.10. The molecule has 136 valence electrons. The number of halogens is 2. The summed E-state index contributed by atoms with van der Waals surface area (Å²) in [7, 11) is -4.59. The maximum Gasteiger partial charge on any atom is 0.321 e. The molecule has 5 nitrogen and oxygen atoms in total. The molecule has 0 aliphatic carbocycles. The summed E-state index contributed by atoms with van der Waals surface area (Å²) in [5.74, 6) is -3.24. The molecule has 0 bridgehead atoms. The van der Waals surface area contributed by atoms with Gasteiger partial charge in [0.15, 0.2) is 4.90 Å². The average Bonchev–Trinajstić information content (AvgIpc) is 2.31. The third kappa shape index (κ3) is 4.98. The molecule has 0 aliphatic rings. The van der Waals surface area contributed by atoms with Gasteiger partial charge in [-0.1, -0.05) is 6.07 Å². The van der Waals surface area contributed by atoms with E-state index >= 15 is 0 Å². The fraction of sp³-hybridized carbons (Fsp3) is 0.562. The fourth-order valence-corrected chi connectivity index (χ4v) is 3.86. The van der Waals surface area contributed by atoms with Gasteiger partial charge < -0.3 is 4.74 Å². The molecule has 0 unspecified atom stereocenters. The van der Waals surface area contributed by atoms with E-state index in [4.69, 9.17) is 4.74 Å². The van der Waals surface area contributed by atoms with E-state index in [2.05, 4.69) is 0 Å². The fourth-order valence-electron chi connectivity index (χ4n) is 2.01. The van der Waals surface area contributed by atoms with Crippen LogP contribution in [0.3, 0.4) is 0 Å². The lowest BCUT2D eigenvalue weighted by atomic mass is 10.1. The molecule has 0 aliphatic heterocycles. The SMILES string of the molecule is CC(C)(C)OC(=O)CN(C(C)(C)C)S(=O)(=O)c1c(F)cccc1F. The first-order valence-corrected chi connectivity index (χ1v) is 8.79. The Kier molecular flexibility index (Phi) is 5.77. The Morgan fingerprint density at radius 2 is 1.54 bits per heavy atom. The van der Waals surface area contributed by atoms with Crippen LogP contribution < -0.4 is 0 Å². The molecule has 0 saturated carbocycles. The molecule has 0 fully saturated rings. The van der Waals surface area contributed by atoms with Crippen LogP contribution in [0.2, 0.25) is 0 Å². The normalized spacial score (nSPS) is 13.2. The highest BCUT2D eigenvalue weighted by Crippen LogP contribution is 2.28. The summed E-state index contributed by atoms with van der Waals surface area (Å²) in [6.45, 7) is 8.82. The zero-order valence-electron chi connectivity index (χ0n) is 14.7. The molecule has 1 aromatic rings. The van der Waals surface area contributed by atoms with Gasteiger partial charge in [0.1, 0.15) is 23.8 Å². The third-order valence-corrected chi connectivity index (χ3v) is 5.07. The number of benzene rings is 1.